The molecule has 312 valence electrons. The van der Waals surface area contributed by atoms with Crippen LogP contribution >= 0.6 is 11.3 Å². The highest BCUT2D eigenvalue weighted by Gasteiger charge is 2.52. The fourth-order valence-electron chi connectivity index (χ4n) is 12.6. The van der Waals surface area contributed by atoms with E-state index in [9.17, 15) is 0 Å². The zero-order valence-electron chi connectivity index (χ0n) is 37.4. The summed E-state index contributed by atoms with van der Waals surface area (Å²) in [7, 11) is 0. The average molecular weight is 861 g/mol. The van der Waals surface area contributed by atoms with Crippen molar-refractivity contribution >= 4 is 78.0 Å². The second-order valence-electron chi connectivity index (χ2n) is 19.0. The summed E-state index contributed by atoms with van der Waals surface area (Å²) in [6, 6.07) is 74.1. The molecule has 2 nitrogen and oxygen atoms in total. The Morgan fingerprint density at radius 3 is 1.71 bits per heavy atom. The minimum Gasteiger partial charge on any atom is -0.311 e. The third kappa shape index (κ3) is 4.92. The van der Waals surface area contributed by atoms with Crippen LogP contribution in [0.15, 0.2) is 194 Å². The van der Waals surface area contributed by atoms with Gasteiger partial charge in [-0.05, 0) is 158 Å². The molecule has 0 atom stereocenters. The normalized spacial score (nSPS) is 14.2. The molecule has 2 aliphatic heterocycles. The van der Waals surface area contributed by atoms with E-state index in [2.05, 4.69) is 232 Å². The number of hydrogen-bond donors (Lipinski definition) is 0. The van der Waals surface area contributed by atoms with Gasteiger partial charge in [-0.15, -0.1) is 11.3 Å². The number of aryl methyl sites for hydroxylation is 2. The lowest BCUT2D eigenvalue weighted by Gasteiger charge is -2.43. The van der Waals surface area contributed by atoms with Gasteiger partial charge < -0.3 is 9.80 Å². The van der Waals surface area contributed by atoms with Gasteiger partial charge in [-0.25, -0.2) is 0 Å². The van der Waals surface area contributed by atoms with Crippen LogP contribution < -0.4 is 25.5 Å². The number of nitrogens with zero attached hydrogens (tertiary/aromatic N) is 2. The van der Waals surface area contributed by atoms with Crippen LogP contribution in [0, 0.1) is 13.8 Å². The molecule has 9 aromatic carbocycles. The zero-order chi connectivity index (χ0) is 44.0. The molecule has 66 heavy (non-hydrogen) atoms. The Kier molecular flexibility index (Phi) is 7.94. The molecule has 0 unspecified atom stereocenters. The van der Waals surface area contributed by atoms with Crippen molar-refractivity contribution in [2.24, 2.45) is 0 Å². The summed E-state index contributed by atoms with van der Waals surface area (Å²) in [5.74, 6) is 0.450. The summed E-state index contributed by atoms with van der Waals surface area (Å²) in [6.07, 6.45) is 0. The van der Waals surface area contributed by atoms with Crippen molar-refractivity contribution in [1.82, 2.24) is 0 Å². The molecule has 3 heterocycles. The van der Waals surface area contributed by atoms with Gasteiger partial charge >= 0.3 is 0 Å². The highest BCUT2D eigenvalue weighted by atomic mass is 32.1. The molecular formula is C62H45BN2S. The molecule has 1 spiro atoms. The first kappa shape index (κ1) is 37.9. The summed E-state index contributed by atoms with van der Waals surface area (Å²) in [5, 5.41) is 1.31. The van der Waals surface area contributed by atoms with E-state index in [0.29, 0.717) is 5.92 Å². The molecule has 1 aromatic heterocycles. The molecule has 4 heteroatoms. The van der Waals surface area contributed by atoms with Crippen molar-refractivity contribution in [1.29, 1.82) is 0 Å². The number of rotatable bonds is 4. The predicted molar refractivity (Wildman–Crippen MR) is 281 cm³/mol. The third-order valence-corrected chi connectivity index (χ3v) is 16.5. The van der Waals surface area contributed by atoms with Crippen molar-refractivity contribution in [3.63, 3.8) is 0 Å². The first-order valence-electron chi connectivity index (χ1n) is 23.4. The van der Waals surface area contributed by atoms with E-state index in [-0.39, 0.29) is 6.71 Å². The minimum atomic E-state index is -0.403. The van der Waals surface area contributed by atoms with Gasteiger partial charge in [-0.1, -0.05) is 153 Å². The molecule has 0 amide bonds. The van der Waals surface area contributed by atoms with Crippen LogP contribution in [0.25, 0.3) is 43.5 Å². The second-order valence-corrected chi connectivity index (χ2v) is 20.1. The Bertz CT molecular complexity index is 3610. The van der Waals surface area contributed by atoms with Crippen molar-refractivity contribution in [3.05, 3.63) is 233 Å². The van der Waals surface area contributed by atoms with Crippen LogP contribution in [0.4, 0.5) is 34.1 Å². The van der Waals surface area contributed by atoms with Crippen molar-refractivity contribution in [2.45, 2.75) is 39.0 Å². The highest BCUT2D eigenvalue weighted by Crippen LogP contribution is 2.64. The predicted octanol–water partition coefficient (Wildman–Crippen LogP) is 14.7. The Hall–Kier alpha value is -7.40. The van der Waals surface area contributed by atoms with Crippen LogP contribution in [-0.4, -0.2) is 6.71 Å². The van der Waals surface area contributed by atoms with Gasteiger partial charge in [0.05, 0.1) is 11.1 Å². The third-order valence-electron chi connectivity index (χ3n) is 15.3. The number of fused-ring (bicyclic) bond motifs is 16. The number of para-hydroxylation sites is 1. The maximum absolute atomic E-state index is 2.59. The molecule has 0 fully saturated rings. The maximum atomic E-state index is 2.59. The molecule has 10 aromatic rings. The largest absolute Gasteiger partial charge is 0.311 e. The van der Waals surface area contributed by atoms with Gasteiger partial charge in [0.15, 0.2) is 0 Å². The first-order chi connectivity index (χ1) is 32.4. The molecular weight excluding hydrogens is 816 g/mol. The molecule has 2 aliphatic carbocycles. The van der Waals surface area contributed by atoms with Gasteiger partial charge in [-0.2, -0.15) is 0 Å². The lowest BCUT2D eigenvalue weighted by molar-refractivity contribution is 0.795. The van der Waals surface area contributed by atoms with Gasteiger partial charge in [0.25, 0.3) is 6.71 Å². The first-order valence-corrected chi connectivity index (χ1v) is 24.2. The Morgan fingerprint density at radius 1 is 0.485 bits per heavy atom. The van der Waals surface area contributed by atoms with Gasteiger partial charge in [-0.3, -0.25) is 0 Å². The topological polar surface area (TPSA) is 6.48 Å². The zero-order valence-corrected chi connectivity index (χ0v) is 38.2. The van der Waals surface area contributed by atoms with Gasteiger partial charge in [0.2, 0.25) is 0 Å². The van der Waals surface area contributed by atoms with Crippen LogP contribution in [-0.2, 0) is 5.41 Å². The number of thiophene rings is 1. The van der Waals surface area contributed by atoms with E-state index in [1.807, 2.05) is 11.3 Å². The molecule has 0 N–H and O–H groups in total. The number of anilines is 6. The van der Waals surface area contributed by atoms with Gasteiger partial charge in [0, 0.05) is 43.3 Å². The van der Waals surface area contributed by atoms with E-state index in [4.69, 9.17) is 0 Å². The minimum absolute atomic E-state index is 0.0285. The number of benzene rings is 9. The fourth-order valence-corrected chi connectivity index (χ4v) is 13.9. The fraction of sp³-hybridized carbons (Fsp3) is 0.0968. The van der Waals surface area contributed by atoms with E-state index in [1.54, 1.807) is 0 Å². The molecule has 0 saturated carbocycles. The van der Waals surface area contributed by atoms with Crippen molar-refractivity contribution in [2.75, 3.05) is 9.80 Å². The summed E-state index contributed by atoms with van der Waals surface area (Å²) in [4.78, 5) is 5.14. The van der Waals surface area contributed by atoms with E-state index < -0.39 is 5.41 Å². The van der Waals surface area contributed by atoms with Crippen LogP contribution in [0.1, 0.15) is 58.7 Å². The Labute approximate surface area is 391 Å². The standard InChI is InChI=1S/C62H45BN2S/c1-37(2)40-28-31-43(32-29-40)64-54-26-15-27-55-59(54)63(53-33-30-41(34-56(53)64)58-38(3)16-14-17-39(58)4)61-60(65(55)42-18-6-5-7-19-42)48-35-47-46-22-10-13-25-51(46)62(52(47)36-57(48)66-61)49-23-11-8-20-44(49)45-21-9-12-24-50(45)62/h5-37H,1-4H3. The monoisotopic (exact) mass is 860 g/mol. The number of hydrogen-bond acceptors (Lipinski definition) is 3. The lowest BCUT2D eigenvalue weighted by atomic mass is 9.36. The van der Waals surface area contributed by atoms with Crippen molar-refractivity contribution in [3.8, 4) is 33.4 Å². The van der Waals surface area contributed by atoms with E-state index >= 15 is 0 Å². The maximum Gasteiger partial charge on any atom is 0.264 e. The molecule has 0 bridgehead atoms. The summed E-state index contributed by atoms with van der Waals surface area (Å²) < 4.78 is 2.71. The average Bonchev–Trinajstić information content (AvgIpc) is 3.97. The summed E-state index contributed by atoms with van der Waals surface area (Å²) in [5.41, 5.74) is 27.0. The van der Waals surface area contributed by atoms with E-state index in [0.717, 1.165) is 0 Å². The SMILES string of the molecule is Cc1cccc(C)c1-c1ccc2c(c1)N(c1ccc(C(C)C)cc1)c1cccc3c1B2c1sc2cc4c(cc2c1N3c1ccccc1)-c1ccccc1C41c2ccccc2-c2ccccc21. The van der Waals surface area contributed by atoms with Crippen molar-refractivity contribution < 1.29 is 0 Å². The second kappa shape index (κ2) is 13.8. The molecule has 0 radical (unpaired) electrons. The van der Waals surface area contributed by atoms with Crippen LogP contribution in [0.3, 0.4) is 0 Å². The Morgan fingerprint density at radius 2 is 1.06 bits per heavy atom. The highest BCUT2D eigenvalue weighted by molar-refractivity contribution is 7.33. The van der Waals surface area contributed by atoms with Crippen LogP contribution in [0.2, 0.25) is 0 Å². The van der Waals surface area contributed by atoms with Gasteiger partial charge in [0.1, 0.15) is 0 Å². The van der Waals surface area contributed by atoms with E-state index in [1.165, 1.54) is 132 Å². The molecule has 0 saturated heterocycles. The molecule has 14 rings (SSSR count). The quantitative estimate of drug-likeness (QED) is 0.163. The molecule has 4 aliphatic rings. The smallest absolute Gasteiger partial charge is 0.264 e. The summed E-state index contributed by atoms with van der Waals surface area (Å²) >= 11 is 2.00. The lowest BCUT2D eigenvalue weighted by Crippen LogP contribution is -2.60. The summed E-state index contributed by atoms with van der Waals surface area (Å²) in [6.45, 7) is 9.08. The Balaban J connectivity index is 1.07. The van der Waals surface area contributed by atoms with Crippen LogP contribution in [0.5, 0.6) is 0 Å².